The summed E-state index contributed by atoms with van der Waals surface area (Å²) in [7, 11) is 2.32. The normalized spacial score (nSPS) is 57.0. The first-order chi connectivity index (χ1) is 6.04. The molecular formula is C12H23N. The van der Waals surface area contributed by atoms with Crippen LogP contribution in [0.25, 0.3) is 0 Å². The van der Waals surface area contributed by atoms with E-state index >= 15 is 0 Å². The fourth-order valence-electron chi connectivity index (χ4n) is 3.58. The Morgan fingerprint density at radius 3 is 2.23 bits per heavy atom. The molecule has 0 aromatic carbocycles. The monoisotopic (exact) mass is 181 g/mol. The Bertz CT molecular complexity index is 199. The van der Waals surface area contributed by atoms with Crippen LogP contribution in [0.4, 0.5) is 0 Å². The lowest BCUT2D eigenvalue weighted by Crippen LogP contribution is -2.63. The van der Waals surface area contributed by atoms with Gasteiger partial charge in [0.05, 0.1) is 0 Å². The third-order valence-corrected chi connectivity index (χ3v) is 5.06. The maximum atomic E-state index is 2.63. The molecule has 0 radical (unpaired) electrons. The van der Waals surface area contributed by atoms with Gasteiger partial charge in [-0.05, 0) is 44.1 Å². The van der Waals surface area contributed by atoms with Crippen LogP contribution in [0, 0.1) is 23.7 Å². The molecule has 1 heteroatoms. The van der Waals surface area contributed by atoms with Crippen LogP contribution in [-0.4, -0.2) is 24.0 Å². The maximum Gasteiger partial charge on any atom is 0.0154 e. The predicted octanol–water partition coefficient (Wildman–Crippen LogP) is 2.62. The van der Waals surface area contributed by atoms with Crippen molar-refractivity contribution in [1.82, 2.24) is 4.90 Å². The van der Waals surface area contributed by atoms with E-state index in [1.54, 1.807) is 0 Å². The van der Waals surface area contributed by atoms with Gasteiger partial charge in [-0.1, -0.05) is 20.8 Å². The van der Waals surface area contributed by atoms with Crippen molar-refractivity contribution in [3.05, 3.63) is 0 Å². The number of rotatable bonds is 0. The van der Waals surface area contributed by atoms with Crippen molar-refractivity contribution in [2.75, 3.05) is 7.05 Å². The van der Waals surface area contributed by atoms with Gasteiger partial charge in [-0.3, -0.25) is 4.90 Å². The van der Waals surface area contributed by atoms with Crippen molar-refractivity contribution in [3.8, 4) is 0 Å². The molecule has 76 valence electrons. The molecule has 0 unspecified atom stereocenters. The highest BCUT2D eigenvalue weighted by atomic mass is 15.2. The summed E-state index contributed by atoms with van der Waals surface area (Å²) in [6.45, 7) is 9.65. The van der Waals surface area contributed by atoms with Crippen LogP contribution in [0.5, 0.6) is 0 Å². The third kappa shape index (κ3) is 1.16. The Morgan fingerprint density at radius 2 is 1.62 bits per heavy atom. The van der Waals surface area contributed by atoms with E-state index in [0.29, 0.717) is 0 Å². The highest BCUT2D eigenvalue weighted by Gasteiger charge is 2.51. The van der Waals surface area contributed by atoms with Crippen LogP contribution in [0.1, 0.15) is 34.1 Å². The van der Waals surface area contributed by atoms with E-state index in [2.05, 4.69) is 39.6 Å². The summed E-state index contributed by atoms with van der Waals surface area (Å²) < 4.78 is 0. The highest BCUT2D eigenvalue weighted by Crippen LogP contribution is 2.50. The van der Waals surface area contributed by atoms with E-state index in [1.807, 2.05) is 0 Å². The largest absolute Gasteiger partial charge is 0.300 e. The van der Waals surface area contributed by atoms with E-state index in [0.717, 1.165) is 35.8 Å². The zero-order valence-electron chi connectivity index (χ0n) is 9.62. The van der Waals surface area contributed by atoms with Crippen molar-refractivity contribution in [2.24, 2.45) is 23.7 Å². The third-order valence-electron chi connectivity index (χ3n) is 5.06. The lowest BCUT2D eigenvalue weighted by Gasteiger charge is -2.60. The number of fused-ring (bicyclic) bond motifs is 1. The van der Waals surface area contributed by atoms with E-state index in [-0.39, 0.29) is 0 Å². The minimum absolute atomic E-state index is 0.788. The summed E-state index contributed by atoms with van der Waals surface area (Å²) in [6.07, 6.45) is 1.46. The second-order valence-corrected chi connectivity index (χ2v) is 5.49. The van der Waals surface area contributed by atoms with Crippen LogP contribution < -0.4 is 0 Å². The smallest absolute Gasteiger partial charge is 0.0154 e. The maximum absolute atomic E-state index is 2.63. The summed E-state index contributed by atoms with van der Waals surface area (Å²) in [5.74, 6) is 3.76. The van der Waals surface area contributed by atoms with Crippen LogP contribution in [-0.2, 0) is 0 Å². The van der Waals surface area contributed by atoms with Gasteiger partial charge < -0.3 is 0 Å². The van der Waals surface area contributed by atoms with Crippen LogP contribution in [0.15, 0.2) is 0 Å². The van der Waals surface area contributed by atoms with Gasteiger partial charge in [0.25, 0.3) is 0 Å². The lowest BCUT2D eigenvalue weighted by molar-refractivity contribution is -0.107. The van der Waals surface area contributed by atoms with E-state index in [1.165, 1.54) is 6.42 Å². The summed E-state index contributed by atoms with van der Waals surface area (Å²) in [5, 5.41) is 0. The van der Waals surface area contributed by atoms with Crippen molar-refractivity contribution in [1.29, 1.82) is 0 Å². The molecule has 0 spiro atoms. The topological polar surface area (TPSA) is 3.24 Å². The number of piperidine rings is 1. The SMILES string of the molecule is C[C@@H]1[C@H](C)[C@@H]2C[C@H](C)[C@H](C)N(C)[C@H]12. The molecule has 1 heterocycles. The Labute approximate surface area is 82.5 Å². The molecule has 2 fully saturated rings. The molecule has 2 aliphatic rings. The zero-order chi connectivity index (χ0) is 9.75. The lowest BCUT2D eigenvalue weighted by atomic mass is 9.56. The minimum atomic E-state index is 0.788. The Balaban J connectivity index is 2.12. The summed E-state index contributed by atoms with van der Waals surface area (Å²) in [5.41, 5.74) is 0. The van der Waals surface area contributed by atoms with Crippen LogP contribution >= 0.6 is 0 Å². The van der Waals surface area contributed by atoms with Crippen LogP contribution in [0.2, 0.25) is 0 Å². The fraction of sp³-hybridized carbons (Fsp3) is 1.00. The van der Waals surface area contributed by atoms with E-state index in [9.17, 15) is 0 Å². The molecule has 2 rings (SSSR count). The van der Waals surface area contributed by atoms with Crippen molar-refractivity contribution >= 4 is 0 Å². The fourth-order valence-corrected chi connectivity index (χ4v) is 3.58. The molecule has 1 saturated carbocycles. The average Bonchev–Trinajstić information content (AvgIpc) is 2.13. The predicted molar refractivity (Wildman–Crippen MR) is 56.6 cm³/mol. The molecule has 1 nitrogen and oxygen atoms in total. The van der Waals surface area contributed by atoms with Crippen LogP contribution in [0.3, 0.4) is 0 Å². The Kier molecular flexibility index (Phi) is 2.18. The average molecular weight is 181 g/mol. The van der Waals surface area contributed by atoms with E-state index in [4.69, 9.17) is 0 Å². The van der Waals surface area contributed by atoms with Gasteiger partial charge in [-0.15, -0.1) is 0 Å². The molecule has 6 atom stereocenters. The summed E-state index contributed by atoms with van der Waals surface area (Å²) in [6, 6.07) is 1.68. The first-order valence-corrected chi connectivity index (χ1v) is 5.76. The Morgan fingerprint density at radius 1 is 1.00 bits per heavy atom. The molecule has 13 heavy (non-hydrogen) atoms. The quantitative estimate of drug-likeness (QED) is 0.555. The van der Waals surface area contributed by atoms with Gasteiger partial charge in [0.1, 0.15) is 0 Å². The highest BCUT2D eigenvalue weighted by molar-refractivity contribution is 5.03. The molecular weight excluding hydrogens is 158 g/mol. The van der Waals surface area contributed by atoms with Gasteiger partial charge in [-0.2, -0.15) is 0 Å². The molecule has 1 aliphatic heterocycles. The van der Waals surface area contributed by atoms with Crippen molar-refractivity contribution in [2.45, 2.75) is 46.2 Å². The molecule has 0 aromatic rings. The number of hydrogen-bond donors (Lipinski definition) is 0. The van der Waals surface area contributed by atoms with Gasteiger partial charge in [0.2, 0.25) is 0 Å². The molecule has 0 amide bonds. The van der Waals surface area contributed by atoms with Gasteiger partial charge in [-0.25, -0.2) is 0 Å². The standard InChI is InChI=1S/C12H23N/c1-7-6-11-8(2)9(3)12(11)13(5)10(7)4/h7-12H,6H2,1-5H3/t7-,8-,9+,10-,11-,12+/m0/s1. The van der Waals surface area contributed by atoms with Crippen molar-refractivity contribution in [3.63, 3.8) is 0 Å². The van der Waals surface area contributed by atoms with Crippen molar-refractivity contribution < 1.29 is 0 Å². The van der Waals surface area contributed by atoms with Gasteiger partial charge in [0, 0.05) is 12.1 Å². The number of likely N-dealkylation sites (tertiary alicyclic amines) is 1. The minimum Gasteiger partial charge on any atom is -0.300 e. The second kappa shape index (κ2) is 2.98. The molecule has 1 saturated heterocycles. The van der Waals surface area contributed by atoms with Gasteiger partial charge in [0.15, 0.2) is 0 Å². The zero-order valence-corrected chi connectivity index (χ0v) is 9.62. The molecule has 1 aliphatic carbocycles. The van der Waals surface area contributed by atoms with Gasteiger partial charge >= 0.3 is 0 Å². The number of hydrogen-bond acceptors (Lipinski definition) is 1. The first-order valence-electron chi connectivity index (χ1n) is 5.76. The second-order valence-electron chi connectivity index (χ2n) is 5.49. The first kappa shape index (κ1) is 9.51. The molecule has 0 aromatic heterocycles. The van der Waals surface area contributed by atoms with E-state index < -0.39 is 0 Å². The summed E-state index contributed by atoms with van der Waals surface area (Å²) in [4.78, 5) is 2.63. The Hall–Kier alpha value is -0.0400. The molecule has 0 N–H and O–H groups in total. The molecule has 0 bridgehead atoms. The number of nitrogens with zero attached hydrogens (tertiary/aromatic N) is 1. The summed E-state index contributed by atoms with van der Waals surface area (Å²) >= 11 is 0.